The first kappa shape index (κ1) is 84.5. The van der Waals surface area contributed by atoms with Crippen molar-refractivity contribution in [2.45, 2.75) is 53.4 Å². The molecule has 0 aliphatic rings. The van der Waals surface area contributed by atoms with Crippen molar-refractivity contribution in [2.24, 2.45) is 0 Å². The summed E-state index contributed by atoms with van der Waals surface area (Å²) in [5, 5.41) is 49.4. The van der Waals surface area contributed by atoms with Crippen molar-refractivity contribution in [3.63, 3.8) is 0 Å². The van der Waals surface area contributed by atoms with Crippen molar-refractivity contribution >= 4 is 138 Å². The molecular weight excluding hydrogens is 1530 g/mol. The summed E-state index contributed by atoms with van der Waals surface area (Å²) in [5.41, 5.74) is 8.72. The van der Waals surface area contributed by atoms with Gasteiger partial charge in [-0.3, -0.25) is 37.4 Å². The van der Waals surface area contributed by atoms with Crippen molar-refractivity contribution in [1.82, 2.24) is 18.3 Å². The zero-order chi connectivity index (χ0) is 72.5. The number of fused-ring (bicyclic) bond motifs is 4. The van der Waals surface area contributed by atoms with Gasteiger partial charge in [0.25, 0.3) is 23.6 Å². The van der Waals surface area contributed by atoms with E-state index in [1.165, 1.54) is 46.7 Å². The summed E-state index contributed by atoms with van der Waals surface area (Å²) in [4.78, 5) is 96.5. The normalized spacial score (nSPS) is 10.4. The number of ether oxygens (including phenoxy) is 4. The number of carbonyl (C=O) groups excluding carboxylic acids is 8. The first-order chi connectivity index (χ1) is 47.7. The molecule has 0 amide bonds. The van der Waals surface area contributed by atoms with E-state index in [-0.39, 0.29) is 94.4 Å². The van der Waals surface area contributed by atoms with Crippen molar-refractivity contribution in [2.75, 3.05) is 28.4 Å². The van der Waals surface area contributed by atoms with Gasteiger partial charge in [0, 0.05) is 136 Å². The average Bonchev–Trinajstić information content (AvgIpc) is 1.63. The van der Waals surface area contributed by atoms with Crippen molar-refractivity contribution in [3.8, 4) is 23.0 Å². The fourth-order valence-electron chi connectivity index (χ4n) is 11.8. The van der Waals surface area contributed by atoms with Gasteiger partial charge in [0.05, 0.1) is 50.5 Å². The summed E-state index contributed by atoms with van der Waals surface area (Å²) in [6.07, 6.45) is -1.13. The molecule has 0 unspecified atom stereocenters. The molecule has 0 aliphatic carbocycles. The second-order valence-corrected chi connectivity index (χ2v) is 24.3. The number of methoxy groups -OCH3 is 4. The van der Waals surface area contributed by atoms with Crippen molar-refractivity contribution in [1.29, 1.82) is 0 Å². The van der Waals surface area contributed by atoms with Crippen LogP contribution >= 0.6 is 46.4 Å². The Kier molecular flexibility index (Phi) is 29.9. The number of carbonyl (C=O) groups is 8. The predicted octanol–water partition coefficient (Wildman–Crippen LogP) is 8.72. The Morgan fingerprint density at radius 2 is 0.462 bits per heavy atom. The van der Waals surface area contributed by atoms with Gasteiger partial charge in [0.2, 0.25) is 0 Å². The molecule has 4 aromatic heterocycles. The molecule has 0 bridgehead atoms. The summed E-state index contributed by atoms with van der Waals surface area (Å²) in [6, 6.07) is 47.0. The molecule has 0 saturated carbocycles. The van der Waals surface area contributed by atoms with Gasteiger partial charge in [-0.25, -0.2) is 0 Å². The van der Waals surface area contributed by atoms with E-state index in [0.29, 0.717) is 154 Å². The number of hydrogen-bond acceptors (Lipinski definition) is 16. The molecule has 0 fully saturated rings. The SMILES string of the molecule is COc1ccc2c(c1)c(CC(=O)[O-])c(C)n2C(=O)c1ccc(Cl)cc1.COc1ccc2c(c1)c(CC(=O)[O-])c(C)n2C(=O)c1ccc(Cl)cc1.COc1ccc2c(c1)c(CC(=O)[O-])c(C)n2C(=O)c1ccc(Cl)cc1.COc1ccc2c(c1)c(CC(=O)[O-])c(C)n2C(=O)c1ccc(Cl)cc1.O.O.[Cu+2].[Cu+2]. The number of benzene rings is 8. The number of carboxylic acids is 4. The average molecular weight is 1590 g/mol. The molecule has 4 N–H and O–H groups in total. The largest absolute Gasteiger partial charge is 2.00 e. The first-order valence-corrected chi connectivity index (χ1v) is 31.9. The smallest absolute Gasteiger partial charge is 0.550 e. The Morgan fingerprint density at radius 1 is 0.298 bits per heavy atom. The number of aromatic nitrogens is 4. The van der Waals surface area contributed by atoms with Crippen LogP contribution in [0.15, 0.2) is 170 Å². The summed E-state index contributed by atoms with van der Waals surface area (Å²) < 4.78 is 26.9. The van der Waals surface area contributed by atoms with E-state index in [1.54, 1.807) is 198 Å². The molecule has 28 heteroatoms. The maximum atomic E-state index is 13.0. The van der Waals surface area contributed by atoms with E-state index in [2.05, 4.69) is 0 Å². The van der Waals surface area contributed by atoms with Crippen LogP contribution < -0.4 is 39.4 Å². The van der Waals surface area contributed by atoms with E-state index >= 15 is 0 Å². The van der Waals surface area contributed by atoms with Crippen LogP contribution in [0.5, 0.6) is 23.0 Å². The van der Waals surface area contributed by atoms with Crippen LogP contribution in [0.4, 0.5) is 0 Å². The van der Waals surface area contributed by atoms with Gasteiger partial charge in [-0.05, 0) is 220 Å². The van der Waals surface area contributed by atoms with Crippen LogP contribution in [0.1, 0.15) is 86.5 Å². The molecule has 104 heavy (non-hydrogen) atoms. The van der Waals surface area contributed by atoms with E-state index in [0.717, 1.165) is 0 Å². The van der Waals surface area contributed by atoms with Gasteiger partial charge in [-0.1, -0.05) is 46.4 Å². The van der Waals surface area contributed by atoms with E-state index in [1.807, 2.05) is 0 Å². The molecule has 22 nitrogen and oxygen atoms in total. The Bertz CT molecular complexity index is 4560. The number of nitrogens with zero attached hydrogens (tertiary/aromatic N) is 4. The Hall–Kier alpha value is -10.2. The molecule has 4 heterocycles. The second kappa shape index (κ2) is 36.8. The molecule has 0 spiro atoms. The molecule has 2 radical (unpaired) electrons. The van der Waals surface area contributed by atoms with Crippen LogP contribution in [-0.2, 0) is 79.0 Å². The Balaban J connectivity index is 0.000000246. The van der Waals surface area contributed by atoms with Crippen LogP contribution in [0.2, 0.25) is 20.1 Å². The minimum Gasteiger partial charge on any atom is -0.550 e. The van der Waals surface area contributed by atoms with Crippen LogP contribution in [0.25, 0.3) is 43.6 Å². The Morgan fingerprint density at radius 3 is 0.606 bits per heavy atom. The van der Waals surface area contributed by atoms with E-state index < -0.39 is 23.9 Å². The maximum absolute atomic E-state index is 13.0. The maximum Gasteiger partial charge on any atom is 2.00 e. The summed E-state index contributed by atoms with van der Waals surface area (Å²) in [6.45, 7) is 6.88. The fourth-order valence-corrected chi connectivity index (χ4v) is 12.3. The molecule has 0 saturated heterocycles. The number of carboxylic acid groups (broad SMARTS) is 4. The Labute approximate surface area is 636 Å². The van der Waals surface area contributed by atoms with E-state index in [4.69, 9.17) is 65.4 Å². The van der Waals surface area contributed by atoms with Crippen LogP contribution in [0.3, 0.4) is 0 Å². The van der Waals surface area contributed by atoms with Gasteiger partial charge < -0.3 is 69.5 Å². The fraction of sp³-hybridized carbons (Fsp3) is 0.158. The minimum absolute atomic E-state index is 0. The zero-order valence-corrected chi connectivity index (χ0v) is 61.3. The standard InChI is InChI=1S/4C19H16ClNO4.2Cu.2H2O/c4*1-11-15(10-18(22)23)16-9-14(25-2)7-8-17(16)21(11)19(24)12-3-5-13(20)6-4-12;;;;/h4*3-9H,10H2,1-2H3,(H,22,23);;;2*1H2/q;;;;2*+2;;/p-4. The van der Waals surface area contributed by atoms with Crippen LogP contribution in [0, 0.1) is 27.7 Å². The van der Waals surface area contributed by atoms with Gasteiger partial charge in [0.1, 0.15) is 23.0 Å². The number of halogens is 4. The van der Waals surface area contributed by atoms with Gasteiger partial charge in [-0.15, -0.1) is 0 Å². The third kappa shape index (κ3) is 18.6. The van der Waals surface area contributed by atoms with E-state index in [9.17, 15) is 58.8 Å². The van der Waals surface area contributed by atoms with Crippen molar-refractivity contribution in [3.05, 3.63) is 257 Å². The third-order valence-electron chi connectivity index (χ3n) is 16.6. The molecule has 12 aromatic rings. The predicted molar refractivity (Wildman–Crippen MR) is 380 cm³/mol. The number of hydrogen-bond donors (Lipinski definition) is 0. The first-order valence-electron chi connectivity index (χ1n) is 30.4. The van der Waals surface area contributed by atoms with Gasteiger partial charge >= 0.3 is 34.1 Å². The molecule has 8 aromatic carbocycles. The van der Waals surface area contributed by atoms with Crippen molar-refractivity contribution < 1.29 is 123 Å². The summed E-state index contributed by atoms with van der Waals surface area (Å²) in [5.74, 6) is -3.50. The zero-order valence-electron chi connectivity index (χ0n) is 56.4. The van der Waals surface area contributed by atoms with Gasteiger partial charge in [-0.2, -0.15) is 0 Å². The second-order valence-electron chi connectivity index (χ2n) is 22.6. The molecular formula is C76H64Cl4Cu2N4O18. The minimum atomic E-state index is -1.20. The summed E-state index contributed by atoms with van der Waals surface area (Å²) >= 11 is 23.5. The molecule has 0 aliphatic heterocycles. The molecule has 546 valence electrons. The molecule has 0 atom stereocenters. The van der Waals surface area contributed by atoms with Gasteiger partial charge in [0.15, 0.2) is 0 Å². The van der Waals surface area contributed by atoms with Crippen LogP contribution in [-0.4, -0.2) is 105 Å². The summed E-state index contributed by atoms with van der Waals surface area (Å²) in [7, 11) is 6.12. The number of aliphatic carboxylic acids is 4. The number of rotatable bonds is 16. The quantitative estimate of drug-likeness (QED) is 0.0816. The monoisotopic (exact) mass is 1590 g/mol. The topological polar surface area (TPSA) is 348 Å². The third-order valence-corrected chi connectivity index (χ3v) is 17.6. The molecule has 12 rings (SSSR count).